The molecule has 8 heteroatoms. The molecule has 6 nitrogen and oxygen atoms in total. The Balaban J connectivity index is 1.07. The highest BCUT2D eigenvalue weighted by molar-refractivity contribution is 7.30. The Morgan fingerprint density at radius 2 is 0.829 bits per heavy atom. The minimum absolute atomic E-state index is 0.0989. The molecule has 0 spiro atoms. The van der Waals surface area contributed by atoms with E-state index in [-0.39, 0.29) is 22.7 Å². The molecule has 0 atom stereocenters. The summed E-state index contributed by atoms with van der Waals surface area (Å²) >= 11 is 3.37. The van der Waals surface area contributed by atoms with Crippen LogP contribution in [0.5, 0.6) is 0 Å². The number of nitriles is 4. The Kier molecular flexibility index (Phi) is 11.4. The molecule has 4 aliphatic rings. The first kappa shape index (κ1) is 49.9. The lowest BCUT2D eigenvalue weighted by molar-refractivity contribution is 0.103. The molecule has 0 bridgehead atoms. The fraction of sp³-hybridized carbons (Fsp3) is 0.0811. The van der Waals surface area contributed by atoms with Gasteiger partial charge < -0.3 is 0 Å². The molecule has 0 aliphatic heterocycles. The molecule has 2 heterocycles. The summed E-state index contributed by atoms with van der Waals surface area (Å²) in [6, 6.07) is 71.7. The average Bonchev–Trinajstić information content (AvgIpc) is 1.91. The predicted octanol–water partition coefficient (Wildman–Crippen LogP) is 17.1. The van der Waals surface area contributed by atoms with Crippen molar-refractivity contribution in [2.75, 3.05) is 0 Å². The second-order valence-electron chi connectivity index (χ2n) is 21.7. The summed E-state index contributed by atoms with van der Waals surface area (Å²) in [5.41, 5.74) is 18.9. The number of Topliss-reactive ketones (excluding diaryl/α,β-unsaturated/α-hetero) is 2. The number of aryl methyl sites for hydroxylation is 4. The van der Waals surface area contributed by atoms with Crippen LogP contribution in [0.4, 0.5) is 0 Å². The van der Waals surface area contributed by atoms with Gasteiger partial charge in [-0.1, -0.05) is 180 Å². The number of carbonyl (C=O) groups excluding carboxylic acids is 2. The van der Waals surface area contributed by atoms with Crippen LogP contribution in [-0.2, 0) is 10.8 Å². The minimum atomic E-state index is -0.878. The van der Waals surface area contributed by atoms with Gasteiger partial charge in [0.05, 0.1) is 15.5 Å². The Labute approximate surface area is 482 Å². The highest BCUT2D eigenvalue weighted by atomic mass is 32.1. The summed E-state index contributed by atoms with van der Waals surface area (Å²) in [6.45, 7) is 8.43. The maximum Gasteiger partial charge on any atom is 0.194 e. The van der Waals surface area contributed by atoms with Gasteiger partial charge in [-0.05, 0) is 136 Å². The second kappa shape index (κ2) is 18.6. The maximum absolute atomic E-state index is 14.4. The number of ketones is 2. The van der Waals surface area contributed by atoms with Gasteiger partial charge in [0.2, 0.25) is 0 Å². The summed E-state index contributed by atoms with van der Waals surface area (Å²) in [4.78, 5) is 30.7. The molecule has 10 aromatic rings. The molecule has 0 saturated carbocycles. The van der Waals surface area contributed by atoms with Crippen molar-refractivity contribution >= 4 is 66.9 Å². The molecule has 82 heavy (non-hydrogen) atoms. The molecule has 0 N–H and O–H groups in total. The molecule has 0 unspecified atom stereocenters. The zero-order valence-corrected chi connectivity index (χ0v) is 46.5. The quantitative estimate of drug-likeness (QED) is 0.120. The van der Waals surface area contributed by atoms with Crippen molar-refractivity contribution in [3.63, 3.8) is 0 Å². The zero-order chi connectivity index (χ0) is 56.3. The molecule has 4 aliphatic carbocycles. The van der Waals surface area contributed by atoms with Gasteiger partial charge in [-0.25, -0.2) is 0 Å². The van der Waals surface area contributed by atoms with Crippen LogP contribution in [0.3, 0.4) is 0 Å². The number of fused-ring (bicyclic) bond motifs is 10. The molecule has 2 aromatic heterocycles. The van der Waals surface area contributed by atoms with E-state index in [9.17, 15) is 30.6 Å². The first-order valence-electron chi connectivity index (χ1n) is 26.9. The fourth-order valence-corrected chi connectivity index (χ4v) is 16.1. The van der Waals surface area contributed by atoms with Crippen LogP contribution in [0.2, 0.25) is 0 Å². The predicted molar refractivity (Wildman–Crippen MR) is 327 cm³/mol. The third-order valence-corrected chi connectivity index (χ3v) is 19.5. The van der Waals surface area contributed by atoms with Crippen molar-refractivity contribution in [3.8, 4) is 45.8 Å². The summed E-state index contributed by atoms with van der Waals surface area (Å²) in [6.07, 6.45) is 3.72. The Bertz CT molecular complexity index is 4710. The molecule has 14 rings (SSSR count). The van der Waals surface area contributed by atoms with Gasteiger partial charge in [0.15, 0.2) is 11.6 Å². The van der Waals surface area contributed by atoms with E-state index in [4.69, 9.17) is 0 Å². The lowest BCUT2D eigenvalue weighted by Gasteiger charge is -2.36. The number of rotatable bonds is 6. The largest absolute Gasteiger partial charge is 0.289 e. The van der Waals surface area contributed by atoms with Crippen molar-refractivity contribution in [2.45, 2.75) is 38.5 Å². The van der Waals surface area contributed by atoms with E-state index in [0.717, 1.165) is 103 Å². The van der Waals surface area contributed by atoms with Crippen LogP contribution >= 0.6 is 22.7 Å². The van der Waals surface area contributed by atoms with E-state index in [1.54, 1.807) is 59.1 Å². The van der Waals surface area contributed by atoms with E-state index in [2.05, 4.69) is 185 Å². The van der Waals surface area contributed by atoms with Crippen LogP contribution in [0.25, 0.3) is 54.3 Å². The third-order valence-electron chi connectivity index (χ3n) is 17.1. The first-order valence-corrected chi connectivity index (χ1v) is 28.6. The van der Waals surface area contributed by atoms with Crippen LogP contribution in [-0.4, -0.2) is 11.6 Å². The number of nitrogens with zero attached hydrogens (tertiary/aromatic N) is 4. The Hall–Kier alpha value is -10.3. The number of hydrogen-bond acceptors (Lipinski definition) is 8. The molecule has 0 saturated heterocycles. The van der Waals surface area contributed by atoms with E-state index in [0.29, 0.717) is 44.5 Å². The third kappa shape index (κ3) is 7.00. The van der Waals surface area contributed by atoms with Gasteiger partial charge in [0, 0.05) is 53.4 Å². The normalized spacial score (nSPS) is 15.5. The summed E-state index contributed by atoms with van der Waals surface area (Å²) in [7, 11) is 0. The summed E-state index contributed by atoms with van der Waals surface area (Å²) < 4.78 is 2.15. The van der Waals surface area contributed by atoms with Gasteiger partial charge in [-0.2, -0.15) is 21.0 Å². The van der Waals surface area contributed by atoms with Crippen LogP contribution < -0.4 is 0 Å². The molecular formula is C74H44N4O2S2. The molecule has 384 valence electrons. The van der Waals surface area contributed by atoms with Crippen molar-refractivity contribution < 1.29 is 9.59 Å². The van der Waals surface area contributed by atoms with E-state index in [1.807, 2.05) is 24.3 Å². The van der Waals surface area contributed by atoms with Crippen LogP contribution in [0, 0.1) is 73.0 Å². The molecule has 8 aromatic carbocycles. The number of allylic oxidation sites excluding steroid dienone is 6. The highest BCUT2D eigenvalue weighted by Crippen LogP contribution is 2.66. The Morgan fingerprint density at radius 3 is 1.30 bits per heavy atom. The maximum atomic E-state index is 14.4. The molecule has 0 radical (unpaired) electrons. The highest BCUT2D eigenvalue weighted by Gasteiger charge is 2.53. The van der Waals surface area contributed by atoms with Crippen molar-refractivity contribution in [3.05, 3.63) is 304 Å². The van der Waals surface area contributed by atoms with Crippen LogP contribution in [0.1, 0.15) is 109 Å². The van der Waals surface area contributed by atoms with Gasteiger partial charge >= 0.3 is 0 Å². The number of hydrogen-bond donors (Lipinski definition) is 0. The number of benzene rings is 8. The number of carbonyl (C=O) groups is 2. The second-order valence-corrected chi connectivity index (χ2v) is 23.8. The molecular weight excluding hydrogens is 1040 g/mol. The van der Waals surface area contributed by atoms with Crippen molar-refractivity contribution in [2.24, 2.45) is 0 Å². The van der Waals surface area contributed by atoms with Crippen LogP contribution in [0.15, 0.2) is 204 Å². The van der Waals surface area contributed by atoms with Crippen molar-refractivity contribution in [1.29, 1.82) is 21.0 Å². The fourth-order valence-electron chi connectivity index (χ4n) is 13.4. The molecule has 0 fully saturated rings. The van der Waals surface area contributed by atoms with E-state index < -0.39 is 10.8 Å². The monoisotopic (exact) mass is 1080 g/mol. The summed E-state index contributed by atoms with van der Waals surface area (Å²) in [5.74, 6) is -0.449. The van der Waals surface area contributed by atoms with Gasteiger partial charge in [0.1, 0.15) is 35.4 Å². The Morgan fingerprint density at radius 1 is 0.415 bits per heavy atom. The average molecular weight is 1090 g/mol. The summed E-state index contributed by atoms with van der Waals surface area (Å²) in [5, 5.41) is 41.0. The van der Waals surface area contributed by atoms with Gasteiger partial charge in [0.25, 0.3) is 0 Å². The lowest BCUT2D eigenvalue weighted by Crippen LogP contribution is -2.30. The van der Waals surface area contributed by atoms with E-state index in [1.165, 1.54) is 5.56 Å². The first-order chi connectivity index (χ1) is 39.9. The van der Waals surface area contributed by atoms with E-state index >= 15 is 0 Å². The standard InChI is InChI=1S/C74H44N4O2S2/c1-41-13-22-48(23-14-41)73(49-24-15-42(2)16-25-49)62-32-45(31-60-66(46(37-75)38-76)54-9-5-7-11-56(54)69(60)79)21-30-53(62)58-35-64-59(36-63(58)73)71-68(74(64,50-26-17-43(3)18-27-50)51-28-19-44(4)20-29-51)72-65(82-71)34-52(81-72)33-61-67(47(39-77)40-78)55-10-6-8-12-57(55)70(61)80/h5-36H,1-4H3/b60-31-,61-33-. The van der Waals surface area contributed by atoms with Gasteiger partial charge in [-0.15, -0.1) is 22.7 Å². The zero-order valence-electron chi connectivity index (χ0n) is 44.9. The van der Waals surface area contributed by atoms with Crippen molar-refractivity contribution in [1.82, 2.24) is 0 Å². The SMILES string of the molecule is Cc1ccc(C2(c3ccc(C)cc3)c3cc(/C=C4\C(=O)c5ccccc5C4=C(C#N)C#N)ccc3-c3cc4c(cc32)-c2sc3cc(/C=C5\C(=O)c6ccccc6C5=C(C#N)C#N)sc3c2C4(c2ccc(C)cc2)c2ccc(C)cc2)cc1. The topological polar surface area (TPSA) is 129 Å². The molecule has 0 amide bonds. The smallest absolute Gasteiger partial charge is 0.194 e. The van der Waals surface area contributed by atoms with Gasteiger partial charge in [-0.3, -0.25) is 9.59 Å². The minimum Gasteiger partial charge on any atom is -0.289 e. The number of thiophene rings is 2. The lowest BCUT2D eigenvalue weighted by atomic mass is 9.65.